The van der Waals surface area contributed by atoms with Crippen LogP contribution in [0.15, 0.2) is 12.3 Å². The Labute approximate surface area is 92.9 Å². The minimum atomic E-state index is -1.67. The molecule has 1 aliphatic rings. The molecule has 1 unspecified atom stereocenters. The molecule has 0 aromatic carbocycles. The summed E-state index contributed by atoms with van der Waals surface area (Å²) < 4.78 is 24.1. The summed E-state index contributed by atoms with van der Waals surface area (Å²) in [5, 5.41) is 0. The monoisotopic (exact) mass is 236 g/mol. The highest BCUT2D eigenvalue weighted by Crippen LogP contribution is 2.08. The average Bonchev–Trinajstić information content (AvgIpc) is 3.06. The van der Waals surface area contributed by atoms with Crippen LogP contribution in [0, 0.1) is 0 Å². The Hall–Kier alpha value is -0.403. The maximum absolute atomic E-state index is 5.00. The fourth-order valence-corrected chi connectivity index (χ4v) is 1.29. The quantitative estimate of drug-likeness (QED) is 0.383. The third-order valence-electron chi connectivity index (χ3n) is 1.49. The van der Waals surface area contributed by atoms with E-state index < -0.39 is 9.53 Å². The van der Waals surface area contributed by atoms with Crippen LogP contribution in [0.25, 0.3) is 0 Å². The van der Waals surface area contributed by atoms with Gasteiger partial charge < -0.3 is 22.8 Å². The van der Waals surface area contributed by atoms with Gasteiger partial charge in [0.25, 0.3) is 0 Å². The molecule has 1 rings (SSSR count). The largest absolute Gasteiger partial charge is 0.499 e. The van der Waals surface area contributed by atoms with Crippen molar-refractivity contribution < 1.29 is 22.8 Å². The number of allylic oxidation sites excluding steroid dienone is 1. The lowest BCUT2D eigenvalue weighted by molar-refractivity contribution is 0.163. The van der Waals surface area contributed by atoms with Crippen molar-refractivity contribution in [2.45, 2.75) is 13.0 Å². The van der Waals surface area contributed by atoms with E-state index in [0.717, 1.165) is 6.61 Å². The van der Waals surface area contributed by atoms with Gasteiger partial charge in [0.15, 0.2) is 0 Å². The Kier molecular flexibility index (Phi) is 9.85. The first-order valence-electron chi connectivity index (χ1n) is 4.71. The average molecular weight is 236 g/mol. The standard InChI is InChI=1S/C6H10O2.C3H10O3Si/c1-2-3-7-4-6-5-8-6;1-4-7(5-2)6-3/h2-3,6H,4-5H2,1H3;7H,1-3H3. The fourth-order valence-electron chi connectivity index (χ4n) is 0.712. The maximum atomic E-state index is 5.00. The van der Waals surface area contributed by atoms with Crippen LogP contribution < -0.4 is 0 Å². The molecule has 15 heavy (non-hydrogen) atoms. The summed E-state index contributed by atoms with van der Waals surface area (Å²) >= 11 is 0. The van der Waals surface area contributed by atoms with Crippen LogP contribution in [-0.2, 0) is 22.8 Å². The number of ether oxygens (including phenoxy) is 2. The summed E-state index contributed by atoms with van der Waals surface area (Å²) in [5.41, 5.74) is 0. The van der Waals surface area contributed by atoms with Crippen molar-refractivity contribution in [3.63, 3.8) is 0 Å². The molecule has 0 amide bonds. The number of hydrogen-bond acceptors (Lipinski definition) is 5. The zero-order valence-corrected chi connectivity index (χ0v) is 10.9. The van der Waals surface area contributed by atoms with Gasteiger partial charge in [0.2, 0.25) is 0 Å². The molecule has 1 saturated heterocycles. The molecule has 0 aromatic heterocycles. The van der Waals surface area contributed by atoms with Gasteiger partial charge in [0, 0.05) is 21.3 Å². The molecule has 1 aliphatic heterocycles. The Balaban J connectivity index is 0.000000265. The van der Waals surface area contributed by atoms with Crippen molar-refractivity contribution in [1.29, 1.82) is 0 Å². The maximum Gasteiger partial charge on any atom is 0.483 e. The minimum absolute atomic E-state index is 0.381. The van der Waals surface area contributed by atoms with Gasteiger partial charge in [-0.15, -0.1) is 0 Å². The number of hydrogen-bond donors (Lipinski definition) is 0. The fraction of sp³-hybridized carbons (Fsp3) is 0.778. The van der Waals surface area contributed by atoms with Gasteiger partial charge in [-0.3, -0.25) is 0 Å². The van der Waals surface area contributed by atoms with Crippen molar-refractivity contribution in [2.75, 3.05) is 34.5 Å². The van der Waals surface area contributed by atoms with E-state index in [1.807, 2.05) is 13.0 Å². The summed E-state index contributed by atoms with van der Waals surface area (Å²) in [6.07, 6.45) is 3.93. The van der Waals surface area contributed by atoms with E-state index in [0.29, 0.717) is 12.7 Å². The highest BCUT2D eigenvalue weighted by atomic mass is 28.3. The summed E-state index contributed by atoms with van der Waals surface area (Å²) in [5.74, 6) is 0. The second kappa shape index (κ2) is 10.1. The Morgan fingerprint density at radius 3 is 2.07 bits per heavy atom. The van der Waals surface area contributed by atoms with E-state index >= 15 is 0 Å². The molecular formula is C9H20O5Si. The lowest BCUT2D eigenvalue weighted by atomic mass is 10.5. The van der Waals surface area contributed by atoms with E-state index in [9.17, 15) is 0 Å². The lowest BCUT2D eigenvalue weighted by Crippen LogP contribution is -2.21. The van der Waals surface area contributed by atoms with E-state index in [1.165, 1.54) is 0 Å². The molecule has 0 bridgehead atoms. The molecule has 90 valence electrons. The Bertz CT molecular complexity index is 151. The highest BCUT2D eigenvalue weighted by Gasteiger charge is 2.22. The molecule has 1 atom stereocenters. The van der Waals surface area contributed by atoms with Crippen LogP contribution in [0.1, 0.15) is 6.92 Å². The summed E-state index contributed by atoms with van der Waals surface area (Å²) in [6.45, 7) is 3.51. The van der Waals surface area contributed by atoms with Crippen LogP contribution in [0.4, 0.5) is 0 Å². The molecule has 0 spiro atoms. The van der Waals surface area contributed by atoms with Crippen molar-refractivity contribution in [2.24, 2.45) is 0 Å². The molecule has 0 aromatic rings. The normalized spacial score (nSPS) is 18.9. The number of rotatable bonds is 6. The van der Waals surface area contributed by atoms with Gasteiger partial charge in [-0.25, -0.2) is 0 Å². The zero-order valence-electron chi connectivity index (χ0n) is 9.76. The molecule has 0 radical (unpaired) electrons. The van der Waals surface area contributed by atoms with Crippen LogP contribution in [0.2, 0.25) is 0 Å². The minimum Gasteiger partial charge on any atom is -0.499 e. The van der Waals surface area contributed by atoms with E-state index in [2.05, 4.69) is 0 Å². The summed E-state index contributed by atoms with van der Waals surface area (Å²) in [4.78, 5) is 0. The first-order valence-corrected chi connectivity index (χ1v) is 6.12. The molecule has 0 aliphatic carbocycles. The van der Waals surface area contributed by atoms with E-state index in [-0.39, 0.29) is 0 Å². The predicted octanol–water partition coefficient (Wildman–Crippen LogP) is 0.578. The molecule has 5 nitrogen and oxygen atoms in total. The zero-order chi connectivity index (χ0) is 11.5. The van der Waals surface area contributed by atoms with Gasteiger partial charge in [0.05, 0.1) is 12.9 Å². The van der Waals surface area contributed by atoms with Crippen molar-refractivity contribution in [3.05, 3.63) is 12.3 Å². The van der Waals surface area contributed by atoms with Crippen LogP contribution in [-0.4, -0.2) is 50.2 Å². The van der Waals surface area contributed by atoms with Gasteiger partial charge in [-0.1, -0.05) is 6.08 Å². The molecule has 0 saturated carbocycles. The Morgan fingerprint density at radius 1 is 1.27 bits per heavy atom. The predicted molar refractivity (Wildman–Crippen MR) is 58.7 cm³/mol. The second-order valence-electron chi connectivity index (χ2n) is 2.75. The highest BCUT2D eigenvalue weighted by molar-refractivity contribution is 6.36. The molecule has 6 heteroatoms. The first kappa shape index (κ1) is 14.6. The number of epoxide rings is 1. The molecule has 1 fully saturated rings. The third-order valence-corrected chi connectivity index (χ3v) is 2.65. The van der Waals surface area contributed by atoms with Crippen LogP contribution in [0.5, 0.6) is 0 Å². The van der Waals surface area contributed by atoms with Crippen molar-refractivity contribution >= 4 is 9.53 Å². The second-order valence-corrected chi connectivity index (χ2v) is 4.75. The van der Waals surface area contributed by atoms with Crippen LogP contribution >= 0.6 is 0 Å². The van der Waals surface area contributed by atoms with Gasteiger partial charge >= 0.3 is 9.53 Å². The van der Waals surface area contributed by atoms with E-state index in [4.69, 9.17) is 22.8 Å². The first-order chi connectivity index (χ1) is 7.28. The topological polar surface area (TPSA) is 49.5 Å². The molecule has 0 N–H and O–H groups in total. The summed E-state index contributed by atoms with van der Waals surface area (Å²) in [7, 11) is 3.05. The molecule has 1 heterocycles. The smallest absolute Gasteiger partial charge is 0.483 e. The lowest BCUT2D eigenvalue weighted by Gasteiger charge is -2.05. The van der Waals surface area contributed by atoms with Gasteiger partial charge in [0.1, 0.15) is 12.7 Å². The van der Waals surface area contributed by atoms with Crippen molar-refractivity contribution in [1.82, 2.24) is 0 Å². The molecular weight excluding hydrogens is 216 g/mol. The Morgan fingerprint density at radius 2 is 1.80 bits per heavy atom. The van der Waals surface area contributed by atoms with Gasteiger partial charge in [-0.05, 0) is 6.92 Å². The van der Waals surface area contributed by atoms with Crippen LogP contribution in [0.3, 0.4) is 0 Å². The van der Waals surface area contributed by atoms with Crippen molar-refractivity contribution in [3.8, 4) is 0 Å². The van der Waals surface area contributed by atoms with Gasteiger partial charge in [-0.2, -0.15) is 0 Å². The summed E-state index contributed by atoms with van der Waals surface area (Å²) in [6, 6.07) is 0. The van der Waals surface area contributed by atoms with E-state index in [1.54, 1.807) is 27.6 Å². The SMILES string of the molecule is CC=COCC1CO1.CO[SiH](OC)OC. The third kappa shape index (κ3) is 9.89.